The Morgan fingerprint density at radius 1 is 0.417 bits per heavy atom. The molecular formula is C44H26N4. The lowest BCUT2D eigenvalue weighted by Gasteiger charge is -2.11. The second kappa shape index (κ2) is 9.50. The molecule has 10 aromatic rings. The summed E-state index contributed by atoms with van der Waals surface area (Å²) in [5.74, 6) is 0.913. The summed E-state index contributed by atoms with van der Waals surface area (Å²) >= 11 is 0. The zero-order valence-electron chi connectivity index (χ0n) is 25.8. The number of aromatic nitrogens is 4. The fourth-order valence-corrected chi connectivity index (χ4v) is 8.04. The second-order valence-electron chi connectivity index (χ2n) is 12.6. The quantitative estimate of drug-likeness (QED) is 0.199. The van der Waals surface area contributed by atoms with Gasteiger partial charge in [0, 0.05) is 49.9 Å². The van der Waals surface area contributed by atoms with Crippen LogP contribution in [0.5, 0.6) is 0 Å². The first-order chi connectivity index (χ1) is 23.8. The van der Waals surface area contributed by atoms with E-state index in [4.69, 9.17) is 9.97 Å². The molecule has 4 nitrogen and oxygen atoms in total. The van der Waals surface area contributed by atoms with Gasteiger partial charge in [0.25, 0.3) is 0 Å². The fraction of sp³-hybridized carbons (Fsp3) is 0. The summed E-state index contributed by atoms with van der Waals surface area (Å²) in [6.07, 6.45) is 1.88. The molecule has 4 heterocycles. The number of benzene rings is 6. The van der Waals surface area contributed by atoms with Crippen LogP contribution < -0.4 is 0 Å². The molecule has 0 unspecified atom stereocenters. The van der Waals surface area contributed by atoms with Gasteiger partial charge in [0.2, 0.25) is 0 Å². The highest BCUT2D eigenvalue weighted by Crippen LogP contribution is 2.47. The molecule has 222 valence electrons. The summed E-state index contributed by atoms with van der Waals surface area (Å²) in [5, 5.41) is 6.11. The highest BCUT2D eigenvalue weighted by molar-refractivity contribution is 6.15. The molecule has 0 saturated carbocycles. The van der Waals surface area contributed by atoms with E-state index in [1.54, 1.807) is 0 Å². The van der Waals surface area contributed by atoms with Crippen LogP contribution in [0.15, 0.2) is 158 Å². The molecule has 4 aromatic heterocycles. The summed E-state index contributed by atoms with van der Waals surface area (Å²) < 4.78 is 4.70. The van der Waals surface area contributed by atoms with Crippen molar-refractivity contribution in [2.45, 2.75) is 0 Å². The highest BCUT2D eigenvalue weighted by atomic mass is 15.1. The Labute approximate surface area is 275 Å². The van der Waals surface area contributed by atoms with Crippen LogP contribution in [0.3, 0.4) is 0 Å². The maximum absolute atomic E-state index is 5.30. The van der Waals surface area contributed by atoms with Gasteiger partial charge in [-0.2, -0.15) is 0 Å². The zero-order valence-corrected chi connectivity index (χ0v) is 25.8. The van der Waals surface area contributed by atoms with Gasteiger partial charge in [0.15, 0.2) is 0 Å². The first kappa shape index (κ1) is 25.6. The number of pyridine rings is 2. The first-order valence-corrected chi connectivity index (χ1v) is 16.3. The minimum absolute atomic E-state index is 0.913. The van der Waals surface area contributed by atoms with Crippen molar-refractivity contribution in [3.63, 3.8) is 0 Å². The van der Waals surface area contributed by atoms with E-state index >= 15 is 0 Å². The first-order valence-electron chi connectivity index (χ1n) is 16.3. The molecule has 0 saturated heterocycles. The molecule has 11 rings (SSSR count). The van der Waals surface area contributed by atoms with Crippen molar-refractivity contribution in [3.05, 3.63) is 158 Å². The monoisotopic (exact) mass is 610 g/mol. The minimum atomic E-state index is 0.913. The van der Waals surface area contributed by atoms with Crippen molar-refractivity contribution in [1.29, 1.82) is 0 Å². The molecule has 1 aliphatic carbocycles. The van der Waals surface area contributed by atoms with Crippen molar-refractivity contribution < 1.29 is 0 Å². The van der Waals surface area contributed by atoms with E-state index < -0.39 is 0 Å². The van der Waals surface area contributed by atoms with Crippen LogP contribution in [-0.2, 0) is 0 Å². The van der Waals surface area contributed by atoms with Gasteiger partial charge in [0.05, 0.1) is 33.3 Å². The molecule has 0 amide bonds. The van der Waals surface area contributed by atoms with Crippen LogP contribution in [0, 0.1) is 0 Å². The third-order valence-corrected chi connectivity index (χ3v) is 10.1. The average molecular weight is 611 g/mol. The maximum Gasteiger partial charge on any atom is 0.138 e. The number of rotatable bonds is 3. The van der Waals surface area contributed by atoms with Crippen molar-refractivity contribution in [2.24, 2.45) is 0 Å². The summed E-state index contributed by atoms with van der Waals surface area (Å²) in [7, 11) is 0. The Kier molecular flexibility index (Phi) is 5.08. The molecule has 0 fully saturated rings. The predicted molar refractivity (Wildman–Crippen MR) is 198 cm³/mol. The summed E-state index contributed by atoms with van der Waals surface area (Å²) in [4.78, 5) is 10.1. The molecule has 6 aromatic carbocycles. The lowest BCUT2D eigenvalue weighted by Crippen LogP contribution is -1.98. The summed E-state index contributed by atoms with van der Waals surface area (Å²) in [6, 6.07) is 54.6. The van der Waals surface area contributed by atoms with Crippen molar-refractivity contribution in [1.82, 2.24) is 19.1 Å². The third-order valence-electron chi connectivity index (χ3n) is 10.1. The number of hydrogen-bond acceptors (Lipinski definition) is 2. The molecule has 0 spiro atoms. The van der Waals surface area contributed by atoms with Crippen LogP contribution >= 0.6 is 0 Å². The van der Waals surface area contributed by atoms with Crippen LogP contribution in [0.4, 0.5) is 0 Å². The van der Waals surface area contributed by atoms with Crippen LogP contribution in [-0.4, -0.2) is 19.1 Å². The van der Waals surface area contributed by atoms with E-state index in [1.165, 1.54) is 60.3 Å². The number of hydrogen-bond donors (Lipinski definition) is 0. The Morgan fingerprint density at radius 3 is 1.98 bits per heavy atom. The van der Waals surface area contributed by atoms with Crippen molar-refractivity contribution in [3.8, 4) is 45.0 Å². The van der Waals surface area contributed by atoms with Crippen LogP contribution in [0.25, 0.3) is 99.5 Å². The van der Waals surface area contributed by atoms with Crippen molar-refractivity contribution in [2.75, 3.05) is 0 Å². The van der Waals surface area contributed by atoms with Crippen LogP contribution in [0.2, 0.25) is 0 Å². The van der Waals surface area contributed by atoms with Gasteiger partial charge in [-0.15, -0.1) is 0 Å². The standard InChI is InChI=1S/C44H26N4/c1-2-10-29(11-3-1)47-38-17-6-5-13-31(38)35-24-27(20-22-40(35)47)28-19-21-32-30-12-4-7-18-39(30)48(41(32)25-28)42-26-36-33-15-9-23-45-44(33)34-14-8-16-37(46-42)43(34)36/h1-26H. The topological polar surface area (TPSA) is 35.6 Å². The molecule has 0 bridgehead atoms. The number of nitrogens with zero attached hydrogens (tertiary/aromatic N) is 4. The smallest absolute Gasteiger partial charge is 0.138 e. The van der Waals surface area contributed by atoms with Gasteiger partial charge in [-0.1, -0.05) is 91.0 Å². The largest absolute Gasteiger partial charge is 0.309 e. The molecule has 48 heavy (non-hydrogen) atoms. The van der Waals surface area contributed by atoms with E-state index in [0.717, 1.165) is 39.2 Å². The van der Waals surface area contributed by atoms with Gasteiger partial charge in [-0.3, -0.25) is 9.55 Å². The number of para-hydroxylation sites is 3. The molecule has 0 N–H and O–H groups in total. The molecule has 1 aliphatic rings. The van der Waals surface area contributed by atoms with E-state index in [0.29, 0.717) is 0 Å². The lowest BCUT2D eigenvalue weighted by atomic mass is 10.0. The van der Waals surface area contributed by atoms with E-state index in [-0.39, 0.29) is 0 Å². The Hall–Kier alpha value is -6.52. The zero-order chi connectivity index (χ0) is 31.3. The van der Waals surface area contributed by atoms with Crippen LogP contribution in [0.1, 0.15) is 0 Å². The van der Waals surface area contributed by atoms with Gasteiger partial charge in [-0.25, -0.2) is 4.98 Å². The summed E-state index contributed by atoms with van der Waals surface area (Å²) in [6.45, 7) is 0. The maximum atomic E-state index is 5.30. The second-order valence-corrected chi connectivity index (χ2v) is 12.6. The molecule has 0 radical (unpaired) electrons. The number of fused-ring (bicyclic) bond motifs is 9. The van der Waals surface area contributed by atoms with E-state index in [2.05, 4.69) is 155 Å². The highest BCUT2D eigenvalue weighted by Gasteiger charge is 2.25. The van der Waals surface area contributed by atoms with Gasteiger partial charge in [0.1, 0.15) is 5.82 Å². The van der Waals surface area contributed by atoms with Gasteiger partial charge in [-0.05, 0) is 77.4 Å². The van der Waals surface area contributed by atoms with Gasteiger partial charge < -0.3 is 4.57 Å². The molecule has 0 atom stereocenters. The third kappa shape index (κ3) is 3.43. The minimum Gasteiger partial charge on any atom is -0.309 e. The summed E-state index contributed by atoms with van der Waals surface area (Å²) in [5.41, 5.74) is 13.8. The predicted octanol–water partition coefficient (Wildman–Crippen LogP) is 11.1. The molecule has 4 heteroatoms. The van der Waals surface area contributed by atoms with E-state index in [9.17, 15) is 0 Å². The van der Waals surface area contributed by atoms with Gasteiger partial charge >= 0.3 is 0 Å². The molecular weight excluding hydrogens is 585 g/mol. The lowest BCUT2D eigenvalue weighted by molar-refractivity contribution is 1.10. The SMILES string of the molecule is c1ccc(-n2c3ccccc3c3cc(-c4ccc5c6ccccc6n(-c6cc7c8c(cccc8n6)-c6ncccc6-7)c5c4)ccc32)cc1. The normalized spacial score (nSPS) is 12.2. The molecule has 0 aliphatic heterocycles. The Morgan fingerprint density at radius 2 is 1.10 bits per heavy atom. The van der Waals surface area contributed by atoms with E-state index in [1.807, 2.05) is 12.3 Å². The fourth-order valence-electron chi connectivity index (χ4n) is 8.04. The Balaban J connectivity index is 1.15. The average Bonchev–Trinajstić information content (AvgIpc) is 3.78. The Bertz CT molecular complexity index is 2950. The van der Waals surface area contributed by atoms with Crippen molar-refractivity contribution >= 4 is 54.5 Å².